The molecular weight excluding hydrogens is 380 g/mol. The molecule has 0 saturated carbocycles. The molecule has 2 amide bonds. The predicted octanol–water partition coefficient (Wildman–Crippen LogP) is 4.65. The van der Waals surface area contributed by atoms with Crippen LogP contribution in [0.1, 0.15) is 17.0 Å². The van der Waals surface area contributed by atoms with Crippen molar-refractivity contribution >= 4 is 23.4 Å². The minimum atomic E-state index is -0.582. The van der Waals surface area contributed by atoms with Crippen LogP contribution in [0, 0.1) is 0 Å². The smallest absolute Gasteiger partial charge is 0.411 e. The van der Waals surface area contributed by atoms with Gasteiger partial charge in [-0.25, -0.2) is 4.79 Å². The summed E-state index contributed by atoms with van der Waals surface area (Å²) in [6.07, 6.45) is -0.582. The highest BCUT2D eigenvalue weighted by Gasteiger charge is 2.22. The molecule has 0 saturated heterocycles. The van der Waals surface area contributed by atoms with Crippen molar-refractivity contribution in [3.8, 4) is 0 Å². The van der Waals surface area contributed by atoms with Gasteiger partial charge in [0.05, 0.1) is 12.5 Å². The molecule has 3 aromatic rings. The van der Waals surface area contributed by atoms with Crippen molar-refractivity contribution in [1.29, 1.82) is 0 Å². The van der Waals surface area contributed by atoms with E-state index in [1.165, 1.54) is 7.11 Å². The van der Waals surface area contributed by atoms with E-state index < -0.39 is 12.0 Å². The van der Waals surface area contributed by atoms with E-state index in [2.05, 4.69) is 10.6 Å². The second-order valence-electron chi connectivity index (χ2n) is 6.58. The summed E-state index contributed by atoms with van der Waals surface area (Å²) in [5.41, 5.74) is 2.90. The summed E-state index contributed by atoms with van der Waals surface area (Å²) in [5.74, 6) is -0.616. The molecule has 2 N–H and O–H groups in total. The first kappa shape index (κ1) is 21.1. The lowest BCUT2D eigenvalue weighted by Gasteiger charge is -2.18. The van der Waals surface area contributed by atoms with Gasteiger partial charge in [-0.2, -0.15) is 0 Å². The normalized spacial score (nSPS) is 10.5. The Kier molecular flexibility index (Phi) is 7.58. The summed E-state index contributed by atoms with van der Waals surface area (Å²) in [5, 5.41) is 5.59. The molecule has 0 aliphatic rings. The second kappa shape index (κ2) is 10.8. The summed E-state index contributed by atoms with van der Waals surface area (Å²) >= 11 is 0. The van der Waals surface area contributed by atoms with Gasteiger partial charge in [-0.1, -0.05) is 66.7 Å². The van der Waals surface area contributed by atoms with Crippen LogP contribution in [0.2, 0.25) is 0 Å². The molecule has 30 heavy (non-hydrogen) atoms. The topological polar surface area (TPSA) is 76.7 Å². The summed E-state index contributed by atoms with van der Waals surface area (Å²) < 4.78 is 9.85. The Bertz CT molecular complexity index is 922. The van der Waals surface area contributed by atoms with E-state index in [0.29, 0.717) is 18.0 Å². The maximum Gasteiger partial charge on any atom is 0.411 e. The summed E-state index contributed by atoms with van der Waals surface area (Å²) in [7, 11) is 1.53. The number of nitrogens with one attached hydrogen (secondary N) is 2. The van der Waals surface area contributed by atoms with Gasteiger partial charge in [0.2, 0.25) is 5.91 Å². The maximum atomic E-state index is 13.2. The van der Waals surface area contributed by atoms with Crippen LogP contribution in [0.3, 0.4) is 0 Å². The number of carbonyl (C=O) groups excluding carboxylic acids is 2. The van der Waals surface area contributed by atoms with E-state index in [0.717, 1.165) is 11.1 Å². The zero-order valence-corrected chi connectivity index (χ0v) is 16.7. The number of rotatable bonds is 8. The molecule has 0 fully saturated rings. The van der Waals surface area contributed by atoms with E-state index >= 15 is 0 Å². The lowest BCUT2D eigenvalue weighted by Crippen LogP contribution is -2.22. The lowest BCUT2D eigenvalue weighted by molar-refractivity contribution is -0.116. The van der Waals surface area contributed by atoms with Crippen LogP contribution in [-0.2, 0) is 14.3 Å². The number of anilines is 2. The summed E-state index contributed by atoms with van der Waals surface area (Å²) in [6, 6.07) is 26.2. The van der Waals surface area contributed by atoms with Crippen molar-refractivity contribution in [2.75, 3.05) is 31.0 Å². The Labute approximate surface area is 175 Å². The van der Waals surface area contributed by atoms with Crippen LogP contribution in [0.5, 0.6) is 0 Å². The van der Waals surface area contributed by atoms with Crippen molar-refractivity contribution < 1.29 is 19.1 Å². The van der Waals surface area contributed by atoms with Crippen LogP contribution in [-0.4, -0.2) is 32.3 Å². The minimum absolute atomic E-state index is 0.160. The molecule has 0 aromatic heterocycles. The Morgan fingerprint density at radius 2 is 1.33 bits per heavy atom. The van der Waals surface area contributed by atoms with Crippen LogP contribution < -0.4 is 10.6 Å². The molecule has 0 aliphatic carbocycles. The van der Waals surface area contributed by atoms with E-state index in [9.17, 15) is 9.59 Å². The molecule has 0 unspecified atom stereocenters. The van der Waals surface area contributed by atoms with E-state index in [1.807, 2.05) is 60.7 Å². The SMILES string of the molecule is COCCOC(=O)Nc1cccc(NC(=O)C(c2ccccc2)c2ccccc2)c1. The highest BCUT2D eigenvalue weighted by Crippen LogP contribution is 2.27. The number of amides is 2. The van der Waals surface area contributed by atoms with Gasteiger partial charge in [0.15, 0.2) is 0 Å². The number of hydrogen-bond acceptors (Lipinski definition) is 4. The number of benzene rings is 3. The molecule has 6 nitrogen and oxygen atoms in total. The van der Waals surface area contributed by atoms with Crippen molar-refractivity contribution in [1.82, 2.24) is 0 Å². The summed E-state index contributed by atoms with van der Waals surface area (Å²) in [6.45, 7) is 0.485. The molecular formula is C24H24N2O4. The third-order valence-electron chi connectivity index (χ3n) is 4.43. The monoisotopic (exact) mass is 404 g/mol. The minimum Gasteiger partial charge on any atom is -0.447 e. The van der Waals surface area contributed by atoms with Crippen molar-refractivity contribution in [2.45, 2.75) is 5.92 Å². The largest absolute Gasteiger partial charge is 0.447 e. The Morgan fingerprint density at radius 1 is 0.767 bits per heavy atom. The zero-order chi connectivity index (χ0) is 21.2. The number of methoxy groups -OCH3 is 1. The van der Waals surface area contributed by atoms with Gasteiger partial charge in [-0.3, -0.25) is 10.1 Å². The first-order valence-corrected chi connectivity index (χ1v) is 9.61. The van der Waals surface area contributed by atoms with Gasteiger partial charge in [0.25, 0.3) is 0 Å². The van der Waals surface area contributed by atoms with Gasteiger partial charge in [-0.15, -0.1) is 0 Å². The van der Waals surface area contributed by atoms with Crippen LogP contribution >= 0.6 is 0 Å². The Morgan fingerprint density at radius 3 is 1.90 bits per heavy atom. The zero-order valence-electron chi connectivity index (χ0n) is 16.7. The van der Waals surface area contributed by atoms with E-state index in [4.69, 9.17) is 9.47 Å². The Hall–Kier alpha value is -3.64. The highest BCUT2D eigenvalue weighted by molar-refractivity contribution is 5.98. The molecule has 3 rings (SSSR count). The molecule has 3 aromatic carbocycles. The molecule has 0 radical (unpaired) electrons. The van der Waals surface area contributed by atoms with E-state index in [-0.39, 0.29) is 12.5 Å². The van der Waals surface area contributed by atoms with Crippen LogP contribution in [0.4, 0.5) is 16.2 Å². The molecule has 0 bridgehead atoms. The van der Waals surface area contributed by atoms with Crippen molar-refractivity contribution in [3.05, 3.63) is 96.1 Å². The summed E-state index contributed by atoms with van der Waals surface area (Å²) in [4.78, 5) is 25.0. The molecule has 154 valence electrons. The van der Waals surface area contributed by atoms with Gasteiger partial charge in [0.1, 0.15) is 6.61 Å². The third kappa shape index (κ3) is 5.93. The fourth-order valence-corrected chi connectivity index (χ4v) is 3.05. The fourth-order valence-electron chi connectivity index (χ4n) is 3.05. The quantitative estimate of drug-likeness (QED) is 0.536. The molecule has 0 heterocycles. The van der Waals surface area contributed by atoms with Crippen molar-refractivity contribution in [2.24, 2.45) is 0 Å². The van der Waals surface area contributed by atoms with E-state index in [1.54, 1.807) is 24.3 Å². The van der Waals surface area contributed by atoms with Crippen molar-refractivity contribution in [3.63, 3.8) is 0 Å². The van der Waals surface area contributed by atoms with Crippen LogP contribution in [0.15, 0.2) is 84.9 Å². The number of ether oxygens (including phenoxy) is 2. The molecule has 0 spiro atoms. The molecule has 0 atom stereocenters. The Balaban J connectivity index is 1.74. The maximum absolute atomic E-state index is 13.2. The average molecular weight is 404 g/mol. The third-order valence-corrected chi connectivity index (χ3v) is 4.43. The lowest BCUT2D eigenvalue weighted by atomic mass is 9.90. The standard InChI is InChI=1S/C24H24N2O4/c1-29-15-16-30-24(28)26-21-14-8-13-20(17-21)25-23(27)22(18-9-4-2-5-10-18)19-11-6-3-7-12-19/h2-14,17,22H,15-16H2,1H3,(H,25,27)(H,26,28). The molecule has 0 aliphatic heterocycles. The van der Waals surface area contributed by atoms with Gasteiger partial charge < -0.3 is 14.8 Å². The fraction of sp³-hybridized carbons (Fsp3) is 0.167. The number of carbonyl (C=O) groups is 2. The first-order chi connectivity index (χ1) is 14.7. The first-order valence-electron chi connectivity index (χ1n) is 9.61. The number of hydrogen-bond donors (Lipinski definition) is 2. The highest BCUT2D eigenvalue weighted by atomic mass is 16.6. The van der Waals surface area contributed by atoms with Gasteiger partial charge in [0, 0.05) is 18.5 Å². The average Bonchev–Trinajstić information content (AvgIpc) is 2.76. The van der Waals surface area contributed by atoms with Gasteiger partial charge in [-0.05, 0) is 29.3 Å². The predicted molar refractivity (Wildman–Crippen MR) is 117 cm³/mol. The molecule has 6 heteroatoms. The van der Waals surface area contributed by atoms with Crippen LogP contribution in [0.25, 0.3) is 0 Å². The van der Waals surface area contributed by atoms with Gasteiger partial charge >= 0.3 is 6.09 Å². The second-order valence-corrected chi connectivity index (χ2v) is 6.58.